The third kappa shape index (κ3) is 2.90. The van der Waals surface area contributed by atoms with Gasteiger partial charge in [-0.25, -0.2) is 0 Å². The Morgan fingerprint density at radius 1 is 1.24 bits per heavy atom. The van der Waals surface area contributed by atoms with Gasteiger partial charge in [0, 0.05) is 49.8 Å². The number of aromatic nitrogens is 4. The first-order valence-corrected chi connectivity index (χ1v) is 7.65. The van der Waals surface area contributed by atoms with Crippen LogP contribution in [-0.2, 0) is 6.54 Å². The molecule has 110 valence electrons. The third-order valence-corrected chi connectivity index (χ3v) is 4.26. The van der Waals surface area contributed by atoms with E-state index >= 15 is 0 Å². The zero-order valence-electron chi connectivity index (χ0n) is 12.0. The first-order chi connectivity index (χ1) is 10.4. The maximum atomic E-state index is 4.36. The van der Waals surface area contributed by atoms with E-state index in [-0.39, 0.29) is 0 Å². The predicted octanol–water partition coefficient (Wildman–Crippen LogP) is 1.30. The van der Waals surface area contributed by atoms with Crippen LogP contribution < -0.4 is 10.2 Å². The van der Waals surface area contributed by atoms with E-state index in [9.17, 15) is 0 Å². The molecule has 6 nitrogen and oxygen atoms in total. The number of hydrogen-bond donors (Lipinski definition) is 2. The van der Waals surface area contributed by atoms with Gasteiger partial charge >= 0.3 is 0 Å². The topological polar surface area (TPSA) is 69.7 Å². The van der Waals surface area contributed by atoms with Crippen LogP contribution in [0, 0.1) is 5.92 Å². The van der Waals surface area contributed by atoms with Crippen LogP contribution in [-0.4, -0.2) is 40.0 Å². The molecule has 3 heterocycles. The highest BCUT2D eigenvalue weighted by molar-refractivity contribution is 5.41. The molecule has 2 N–H and O–H groups in total. The van der Waals surface area contributed by atoms with Gasteiger partial charge in [0.2, 0.25) is 0 Å². The zero-order chi connectivity index (χ0) is 14.1. The quantitative estimate of drug-likeness (QED) is 0.837. The van der Waals surface area contributed by atoms with E-state index in [0.717, 1.165) is 37.7 Å². The van der Waals surface area contributed by atoms with Crippen molar-refractivity contribution < 1.29 is 0 Å². The van der Waals surface area contributed by atoms with E-state index in [0.29, 0.717) is 11.8 Å². The fraction of sp³-hybridized carbons (Fsp3) is 0.533. The Kier molecular flexibility index (Phi) is 3.31. The molecule has 4 rings (SSSR count). The van der Waals surface area contributed by atoms with Gasteiger partial charge in [-0.15, -0.1) is 5.10 Å². The third-order valence-electron chi connectivity index (χ3n) is 4.26. The summed E-state index contributed by atoms with van der Waals surface area (Å²) in [6, 6.07) is 4.26. The van der Waals surface area contributed by atoms with Crippen molar-refractivity contribution in [3.8, 4) is 0 Å². The molecule has 1 saturated carbocycles. The Balaban J connectivity index is 1.21. The SMILES string of the molecule is c1n[nH]cc1CNCC1CN(c2ccc(C3CC3)nn2)C1. The van der Waals surface area contributed by atoms with Crippen molar-refractivity contribution in [2.24, 2.45) is 5.92 Å². The van der Waals surface area contributed by atoms with Crippen molar-refractivity contribution >= 4 is 5.82 Å². The Morgan fingerprint density at radius 3 is 2.81 bits per heavy atom. The molecule has 21 heavy (non-hydrogen) atoms. The van der Waals surface area contributed by atoms with E-state index in [1.807, 2.05) is 12.4 Å². The molecule has 0 atom stereocenters. The number of nitrogens with zero attached hydrogens (tertiary/aromatic N) is 4. The fourth-order valence-electron chi connectivity index (χ4n) is 2.78. The van der Waals surface area contributed by atoms with Crippen LogP contribution in [0.4, 0.5) is 5.82 Å². The van der Waals surface area contributed by atoms with Crippen LogP contribution in [0.2, 0.25) is 0 Å². The van der Waals surface area contributed by atoms with Crippen molar-refractivity contribution in [2.75, 3.05) is 24.5 Å². The maximum absolute atomic E-state index is 4.36. The lowest BCUT2D eigenvalue weighted by atomic mass is 10.00. The summed E-state index contributed by atoms with van der Waals surface area (Å²) < 4.78 is 0. The molecule has 2 fully saturated rings. The van der Waals surface area contributed by atoms with Gasteiger partial charge in [0.1, 0.15) is 0 Å². The van der Waals surface area contributed by atoms with Crippen molar-refractivity contribution in [3.05, 3.63) is 35.8 Å². The Bertz CT molecular complexity index is 569. The summed E-state index contributed by atoms with van der Waals surface area (Å²) in [5.74, 6) is 2.40. The minimum atomic E-state index is 0.683. The van der Waals surface area contributed by atoms with Crippen molar-refractivity contribution in [1.82, 2.24) is 25.7 Å². The standard InChI is InChI=1S/C15H20N6/c1-2-13(1)14-3-4-15(20-19-14)21-9-12(10-21)6-16-5-11-7-17-18-8-11/h3-4,7-8,12-13,16H,1-2,5-6,9-10H2,(H,17,18). The second kappa shape index (κ2) is 5.44. The Hall–Kier alpha value is -1.95. The molecule has 0 spiro atoms. The van der Waals surface area contributed by atoms with Gasteiger partial charge in [-0.05, 0) is 25.0 Å². The molecule has 2 aliphatic rings. The maximum Gasteiger partial charge on any atom is 0.151 e. The van der Waals surface area contributed by atoms with Gasteiger partial charge < -0.3 is 10.2 Å². The molecule has 2 aromatic heterocycles. The highest BCUT2D eigenvalue weighted by Gasteiger charge is 2.29. The van der Waals surface area contributed by atoms with Crippen molar-refractivity contribution in [3.63, 3.8) is 0 Å². The van der Waals surface area contributed by atoms with Gasteiger partial charge in [-0.1, -0.05) is 0 Å². The summed E-state index contributed by atoms with van der Waals surface area (Å²) in [7, 11) is 0. The summed E-state index contributed by atoms with van der Waals surface area (Å²) in [5, 5.41) is 18.9. The second-order valence-electron chi connectivity index (χ2n) is 6.10. The lowest BCUT2D eigenvalue weighted by Crippen LogP contribution is -2.51. The monoisotopic (exact) mass is 284 g/mol. The van der Waals surface area contributed by atoms with E-state index in [1.165, 1.54) is 18.4 Å². The molecule has 1 aliphatic heterocycles. The molecule has 0 radical (unpaired) electrons. The second-order valence-corrected chi connectivity index (χ2v) is 6.10. The summed E-state index contributed by atoms with van der Waals surface area (Å²) in [5.41, 5.74) is 2.37. The van der Waals surface area contributed by atoms with Gasteiger partial charge in [-0.3, -0.25) is 5.10 Å². The predicted molar refractivity (Wildman–Crippen MR) is 80.0 cm³/mol. The molecule has 0 aromatic carbocycles. The summed E-state index contributed by atoms with van der Waals surface area (Å²) in [4.78, 5) is 2.30. The Morgan fingerprint density at radius 2 is 2.14 bits per heavy atom. The van der Waals surface area contributed by atoms with Crippen molar-refractivity contribution in [2.45, 2.75) is 25.3 Å². The van der Waals surface area contributed by atoms with Crippen LogP contribution >= 0.6 is 0 Å². The normalized spacial score (nSPS) is 18.8. The average Bonchev–Trinajstić information content (AvgIpc) is 3.19. The number of anilines is 1. The van der Waals surface area contributed by atoms with Crippen LogP contribution in [0.1, 0.15) is 30.0 Å². The van der Waals surface area contributed by atoms with E-state index < -0.39 is 0 Å². The zero-order valence-corrected chi connectivity index (χ0v) is 12.0. The summed E-state index contributed by atoms with van der Waals surface area (Å²) >= 11 is 0. The van der Waals surface area contributed by atoms with E-state index in [1.54, 1.807) is 0 Å². The lowest BCUT2D eigenvalue weighted by molar-refractivity contribution is 0.381. The van der Waals surface area contributed by atoms with E-state index in [2.05, 4.69) is 42.7 Å². The molecule has 0 bridgehead atoms. The molecule has 1 saturated heterocycles. The number of rotatable bonds is 6. The minimum absolute atomic E-state index is 0.683. The highest BCUT2D eigenvalue weighted by Crippen LogP contribution is 2.38. The first-order valence-electron chi connectivity index (χ1n) is 7.65. The van der Waals surface area contributed by atoms with Crippen molar-refractivity contribution in [1.29, 1.82) is 0 Å². The number of H-pyrrole nitrogens is 1. The first kappa shape index (κ1) is 12.8. The van der Waals surface area contributed by atoms with Crippen LogP contribution in [0.3, 0.4) is 0 Å². The van der Waals surface area contributed by atoms with E-state index in [4.69, 9.17) is 0 Å². The summed E-state index contributed by atoms with van der Waals surface area (Å²) in [6.45, 7) is 4.05. The lowest BCUT2D eigenvalue weighted by Gasteiger charge is -2.40. The molecule has 0 amide bonds. The number of nitrogens with one attached hydrogen (secondary N) is 2. The highest BCUT2D eigenvalue weighted by atomic mass is 15.3. The average molecular weight is 284 g/mol. The van der Waals surface area contributed by atoms with Crippen LogP contribution in [0.5, 0.6) is 0 Å². The van der Waals surface area contributed by atoms with Crippen LogP contribution in [0.25, 0.3) is 0 Å². The van der Waals surface area contributed by atoms with Gasteiger partial charge in [0.05, 0.1) is 11.9 Å². The number of hydrogen-bond acceptors (Lipinski definition) is 5. The molecule has 6 heteroatoms. The molecular weight excluding hydrogens is 264 g/mol. The van der Waals surface area contributed by atoms with Crippen LogP contribution in [0.15, 0.2) is 24.5 Å². The van der Waals surface area contributed by atoms with Gasteiger partial charge in [-0.2, -0.15) is 10.2 Å². The smallest absolute Gasteiger partial charge is 0.151 e. The largest absolute Gasteiger partial charge is 0.354 e. The molecular formula is C15H20N6. The molecule has 2 aromatic rings. The minimum Gasteiger partial charge on any atom is -0.354 e. The fourth-order valence-corrected chi connectivity index (χ4v) is 2.78. The Labute approximate surface area is 124 Å². The van der Waals surface area contributed by atoms with Gasteiger partial charge in [0.15, 0.2) is 5.82 Å². The summed E-state index contributed by atoms with van der Waals surface area (Å²) in [6.07, 6.45) is 6.35. The number of aromatic amines is 1. The molecule has 0 unspecified atom stereocenters. The van der Waals surface area contributed by atoms with Gasteiger partial charge in [0.25, 0.3) is 0 Å². The molecule has 1 aliphatic carbocycles.